The average molecular weight is 463 g/mol. The number of hydrogen-bond acceptors (Lipinski definition) is 2. The number of rotatable bonds is 3. The van der Waals surface area contributed by atoms with Gasteiger partial charge in [-0.15, -0.1) is 0 Å². The Morgan fingerprint density at radius 3 is 2.18 bits per heavy atom. The van der Waals surface area contributed by atoms with Gasteiger partial charge in [0.25, 0.3) is 5.91 Å². The zero-order valence-electron chi connectivity index (χ0n) is 19.7. The quantitative estimate of drug-likeness (QED) is 0.425. The maximum absolute atomic E-state index is 13.7. The van der Waals surface area contributed by atoms with Crippen molar-refractivity contribution in [3.05, 3.63) is 64.7 Å². The van der Waals surface area contributed by atoms with E-state index in [4.69, 9.17) is 16.6 Å². The number of amides is 1. The largest absolute Gasteiger partial charge is 0.349 e. The average Bonchev–Trinajstić information content (AvgIpc) is 2.80. The van der Waals surface area contributed by atoms with Gasteiger partial charge in [-0.05, 0) is 43.5 Å². The summed E-state index contributed by atoms with van der Waals surface area (Å²) < 4.78 is 0. The number of carbonyl (C=O) groups is 1. The van der Waals surface area contributed by atoms with Gasteiger partial charge in [-0.1, -0.05) is 99.7 Å². The number of aromatic nitrogens is 1. The Morgan fingerprint density at radius 2 is 1.52 bits per heavy atom. The molecule has 0 atom stereocenters. The Morgan fingerprint density at radius 1 is 0.879 bits per heavy atom. The first-order valence-electron chi connectivity index (χ1n) is 12.6. The standard InChI is InChI=1S/C29H35ClN2O/c1-21-27(29(33)31-24-16-9-7-5-3-2-4-6-8-10-17-24)25-18-11-12-19-26(25)32-28(21)22-14-13-15-23(30)20-22/h11-15,18-20,24H,2-10,16-17H2,1H3,(H,31,33). The molecule has 3 aromatic rings. The van der Waals surface area contributed by atoms with Crippen LogP contribution in [0.15, 0.2) is 48.5 Å². The predicted octanol–water partition coefficient (Wildman–Crippen LogP) is 8.27. The first kappa shape index (κ1) is 23.8. The fourth-order valence-corrected chi connectivity index (χ4v) is 5.27. The molecule has 1 aliphatic carbocycles. The van der Waals surface area contributed by atoms with Crippen molar-refractivity contribution in [2.75, 3.05) is 0 Å². The molecule has 0 aliphatic heterocycles. The second-order valence-electron chi connectivity index (χ2n) is 9.42. The van der Waals surface area contributed by atoms with E-state index in [9.17, 15) is 4.79 Å². The number of hydrogen-bond donors (Lipinski definition) is 1. The van der Waals surface area contributed by atoms with Gasteiger partial charge in [0.2, 0.25) is 0 Å². The Bertz CT molecular complexity index is 1080. The summed E-state index contributed by atoms with van der Waals surface area (Å²) in [6, 6.07) is 15.9. The van der Waals surface area contributed by atoms with E-state index in [1.54, 1.807) is 0 Å². The SMILES string of the molecule is Cc1c(-c2cccc(Cl)c2)nc2ccccc2c1C(=O)NC1CCCCCCCCCCC1. The van der Waals surface area contributed by atoms with E-state index in [1.807, 2.05) is 55.5 Å². The van der Waals surface area contributed by atoms with E-state index in [0.29, 0.717) is 5.02 Å². The van der Waals surface area contributed by atoms with E-state index in [1.165, 1.54) is 57.8 Å². The molecule has 1 aliphatic rings. The van der Waals surface area contributed by atoms with Gasteiger partial charge in [-0.2, -0.15) is 0 Å². The smallest absolute Gasteiger partial charge is 0.252 e. The van der Waals surface area contributed by atoms with Crippen LogP contribution in [0.1, 0.15) is 86.6 Å². The molecule has 1 saturated carbocycles. The molecule has 2 aromatic carbocycles. The van der Waals surface area contributed by atoms with Crippen LogP contribution in [0.5, 0.6) is 0 Å². The summed E-state index contributed by atoms with van der Waals surface area (Å²) >= 11 is 6.26. The third kappa shape index (κ3) is 6.14. The molecule has 3 nitrogen and oxygen atoms in total. The minimum Gasteiger partial charge on any atom is -0.349 e. The number of pyridine rings is 1. The number of nitrogens with zero attached hydrogens (tertiary/aromatic N) is 1. The van der Waals surface area contributed by atoms with Crippen LogP contribution in [0.4, 0.5) is 0 Å². The van der Waals surface area contributed by atoms with Crippen LogP contribution in [-0.4, -0.2) is 16.9 Å². The molecule has 0 spiro atoms. The summed E-state index contributed by atoms with van der Waals surface area (Å²) in [5.74, 6) is 0.0199. The van der Waals surface area contributed by atoms with E-state index in [2.05, 4.69) is 5.32 Å². The van der Waals surface area contributed by atoms with Crippen LogP contribution in [-0.2, 0) is 0 Å². The Balaban J connectivity index is 1.64. The van der Waals surface area contributed by atoms with Crippen molar-refractivity contribution in [1.29, 1.82) is 0 Å². The molecular weight excluding hydrogens is 428 g/mol. The van der Waals surface area contributed by atoms with Crippen LogP contribution >= 0.6 is 11.6 Å². The first-order chi connectivity index (χ1) is 16.1. The fraction of sp³-hybridized carbons (Fsp3) is 0.448. The molecule has 4 heteroatoms. The molecule has 1 fully saturated rings. The highest BCUT2D eigenvalue weighted by Crippen LogP contribution is 2.31. The van der Waals surface area contributed by atoms with Crippen LogP contribution < -0.4 is 5.32 Å². The molecule has 1 heterocycles. The minimum absolute atomic E-state index is 0.0199. The number of para-hydroxylation sites is 1. The third-order valence-electron chi connectivity index (χ3n) is 6.90. The number of benzene rings is 2. The molecule has 4 rings (SSSR count). The Labute approximate surface area is 203 Å². The van der Waals surface area contributed by atoms with Crippen molar-refractivity contribution >= 4 is 28.4 Å². The second kappa shape index (κ2) is 11.7. The van der Waals surface area contributed by atoms with Gasteiger partial charge >= 0.3 is 0 Å². The van der Waals surface area contributed by atoms with E-state index in [0.717, 1.165) is 46.1 Å². The molecule has 33 heavy (non-hydrogen) atoms. The summed E-state index contributed by atoms with van der Waals surface area (Å²) in [6.45, 7) is 2.01. The fourth-order valence-electron chi connectivity index (χ4n) is 5.08. The lowest BCUT2D eigenvalue weighted by atomic mass is 9.95. The number of halogens is 1. The molecule has 1 N–H and O–H groups in total. The second-order valence-corrected chi connectivity index (χ2v) is 9.85. The number of carbonyl (C=O) groups excluding carboxylic acids is 1. The maximum atomic E-state index is 13.7. The van der Waals surface area contributed by atoms with E-state index >= 15 is 0 Å². The van der Waals surface area contributed by atoms with Crippen molar-refractivity contribution in [1.82, 2.24) is 10.3 Å². The van der Waals surface area contributed by atoms with Crippen molar-refractivity contribution < 1.29 is 4.79 Å². The maximum Gasteiger partial charge on any atom is 0.252 e. The predicted molar refractivity (Wildman–Crippen MR) is 139 cm³/mol. The summed E-state index contributed by atoms with van der Waals surface area (Å²) in [5.41, 5.74) is 4.23. The lowest BCUT2D eigenvalue weighted by molar-refractivity contribution is 0.0932. The highest BCUT2D eigenvalue weighted by molar-refractivity contribution is 6.30. The lowest BCUT2D eigenvalue weighted by Gasteiger charge is -2.21. The summed E-state index contributed by atoms with van der Waals surface area (Å²) in [4.78, 5) is 18.6. The molecule has 174 valence electrons. The normalized spacial score (nSPS) is 16.7. The van der Waals surface area contributed by atoms with Gasteiger partial charge in [-0.25, -0.2) is 4.98 Å². The van der Waals surface area contributed by atoms with Gasteiger partial charge in [0.05, 0.1) is 16.8 Å². The number of fused-ring (bicyclic) bond motifs is 1. The van der Waals surface area contributed by atoms with Crippen LogP contribution in [0, 0.1) is 6.92 Å². The monoisotopic (exact) mass is 462 g/mol. The van der Waals surface area contributed by atoms with Crippen LogP contribution in [0.3, 0.4) is 0 Å². The van der Waals surface area contributed by atoms with Gasteiger partial charge in [0.1, 0.15) is 0 Å². The molecule has 1 amide bonds. The minimum atomic E-state index is 0.0199. The van der Waals surface area contributed by atoms with Gasteiger partial charge < -0.3 is 5.32 Å². The van der Waals surface area contributed by atoms with Gasteiger partial charge in [-0.3, -0.25) is 4.79 Å². The third-order valence-corrected chi connectivity index (χ3v) is 7.14. The van der Waals surface area contributed by atoms with Crippen molar-refractivity contribution in [3.8, 4) is 11.3 Å². The van der Waals surface area contributed by atoms with Gasteiger partial charge in [0, 0.05) is 22.0 Å². The molecule has 0 saturated heterocycles. The van der Waals surface area contributed by atoms with E-state index < -0.39 is 0 Å². The van der Waals surface area contributed by atoms with Crippen LogP contribution in [0.2, 0.25) is 5.02 Å². The topological polar surface area (TPSA) is 42.0 Å². The van der Waals surface area contributed by atoms with Crippen molar-refractivity contribution in [2.45, 2.75) is 83.6 Å². The molecule has 1 aromatic heterocycles. The molecule has 0 radical (unpaired) electrons. The summed E-state index contributed by atoms with van der Waals surface area (Å²) in [7, 11) is 0. The first-order valence-corrected chi connectivity index (χ1v) is 13.0. The molecular formula is C29H35ClN2O. The Hall–Kier alpha value is -2.39. The van der Waals surface area contributed by atoms with Crippen LogP contribution in [0.25, 0.3) is 22.2 Å². The van der Waals surface area contributed by atoms with Crippen molar-refractivity contribution in [2.24, 2.45) is 0 Å². The van der Waals surface area contributed by atoms with Crippen molar-refractivity contribution in [3.63, 3.8) is 0 Å². The zero-order chi connectivity index (χ0) is 23.0. The molecule has 0 unspecified atom stereocenters. The van der Waals surface area contributed by atoms with E-state index in [-0.39, 0.29) is 11.9 Å². The summed E-state index contributed by atoms with van der Waals surface area (Å²) in [5, 5.41) is 4.99. The van der Waals surface area contributed by atoms with Gasteiger partial charge in [0.15, 0.2) is 0 Å². The zero-order valence-corrected chi connectivity index (χ0v) is 20.5. The summed E-state index contributed by atoms with van der Waals surface area (Å²) in [6.07, 6.45) is 13.8. The highest BCUT2D eigenvalue weighted by Gasteiger charge is 2.21. The number of nitrogens with one attached hydrogen (secondary N) is 1. The molecule has 0 bridgehead atoms. The lowest BCUT2D eigenvalue weighted by Crippen LogP contribution is -2.35. The highest BCUT2D eigenvalue weighted by atomic mass is 35.5. The Kier molecular flexibility index (Phi) is 8.39.